The summed E-state index contributed by atoms with van der Waals surface area (Å²) < 4.78 is 18.6. The van der Waals surface area contributed by atoms with Crippen LogP contribution in [0.2, 0.25) is 0 Å². The Morgan fingerprint density at radius 2 is 2.00 bits per heavy atom. The standard InChI is InChI=1S/C21H33FN6O2/c22-20-11-17(3-8-25-20)26-12-18(24)19(29)13-27-21(14-23)6-1-15(2-7-21)28-16-4-9-30-10-5-16/h3,8,11,13,15-16,28-29H,1-2,4-7,9-10,12,14,23-24H2,(H,25,26). The van der Waals surface area contributed by atoms with Crippen molar-refractivity contribution in [2.75, 3.05) is 31.6 Å². The van der Waals surface area contributed by atoms with Crippen molar-refractivity contribution in [1.29, 1.82) is 0 Å². The molecular weight excluding hydrogens is 387 g/mol. The van der Waals surface area contributed by atoms with E-state index in [1.807, 2.05) is 0 Å². The van der Waals surface area contributed by atoms with Gasteiger partial charge in [0.25, 0.3) is 0 Å². The molecule has 1 aromatic rings. The van der Waals surface area contributed by atoms with E-state index >= 15 is 0 Å². The highest BCUT2D eigenvalue weighted by molar-refractivity contribution is 5.77. The molecule has 2 aliphatic rings. The van der Waals surface area contributed by atoms with Gasteiger partial charge in [0.2, 0.25) is 5.95 Å². The summed E-state index contributed by atoms with van der Waals surface area (Å²) in [6.45, 7) is 2.25. The fraction of sp³-hybridized carbons (Fsp3) is 0.619. The van der Waals surface area contributed by atoms with Crippen molar-refractivity contribution in [2.45, 2.75) is 56.1 Å². The maximum Gasteiger partial charge on any atom is 0.214 e. The summed E-state index contributed by atoms with van der Waals surface area (Å²) in [6.07, 6.45) is 8.62. The van der Waals surface area contributed by atoms with Crippen molar-refractivity contribution >= 4 is 11.9 Å². The molecule has 0 amide bonds. The third kappa shape index (κ3) is 6.38. The summed E-state index contributed by atoms with van der Waals surface area (Å²) in [5.41, 5.74) is 12.4. The van der Waals surface area contributed by atoms with E-state index in [1.54, 1.807) is 6.07 Å². The van der Waals surface area contributed by atoms with Gasteiger partial charge in [-0.05, 0) is 44.6 Å². The van der Waals surface area contributed by atoms with Crippen LogP contribution in [-0.2, 0) is 4.74 Å². The second-order valence-electron chi connectivity index (χ2n) is 8.15. The van der Waals surface area contributed by atoms with Crippen LogP contribution in [-0.4, -0.2) is 60.2 Å². The summed E-state index contributed by atoms with van der Waals surface area (Å²) >= 11 is 0. The lowest BCUT2D eigenvalue weighted by Crippen LogP contribution is -2.48. The third-order valence-corrected chi connectivity index (χ3v) is 5.99. The van der Waals surface area contributed by atoms with Crippen LogP contribution >= 0.6 is 0 Å². The molecule has 1 aromatic heterocycles. The Bertz CT molecular complexity index is 743. The Balaban J connectivity index is 1.51. The van der Waals surface area contributed by atoms with E-state index in [4.69, 9.17) is 16.2 Å². The lowest BCUT2D eigenvalue weighted by atomic mass is 9.79. The fourth-order valence-corrected chi connectivity index (χ4v) is 3.99. The molecule has 1 saturated heterocycles. The molecule has 0 radical (unpaired) electrons. The zero-order chi connectivity index (χ0) is 21.4. The van der Waals surface area contributed by atoms with Crippen LogP contribution in [0.25, 0.3) is 0 Å². The number of allylic oxidation sites excluding steroid dienone is 1. The normalized spacial score (nSPS) is 26.5. The molecule has 0 unspecified atom stereocenters. The Hall–Kier alpha value is -2.23. The van der Waals surface area contributed by atoms with Gasteiger partial charge in [-0.25, -0.2) is 4.98 Å². The van der Waals surface area contributed by atoms with Gasteiger partial charge in [0.15, 0.2) is 5.76 Å². The number of anilines is 1. The summed E-state index contributed by atoms with van der Waals surface area (Å²) in [5.74, 6) is -0.688. The molecule has 0 atom stereocenters. The predicted molar refractivity (Wildman–Crippen MR) is 116 cm³/mol. The van der Waals surface area contributed by atoms with Crippen LogP contribution in [0.5, 0.6) is 0 Å². The third-order valence-electron chi connectivity index (χ3n) is 5.99. The molecule has 1 saturated carbocycles. The first kappa shape index (κ1) is 22.5. The Labute approximate surface area is 177 Å². The van der Waals surface area contributed by atoms with Crippen molar-refractivity contribution in [3.8, 4) is 0 Å². The fourth-order valence-electron chi connectivity index (χ4n) is 3.99. The molecule has 7 N–H and O–H groups in total. The van der Waals surface area contributed by atoms with E-state index < -0.39 is 5.95 Å². The molecule has 0 aromatic carbocycles. The summed E-state index contributed by atoms with van der Waals surface area (Å²) in [6, 6.07) is 3.89. The first-order chi connectivity index (χ1) is 14.5. The van der Waals surface area contributed by atoms with Gasteiger partial charge < -0.3 is 31.9 Å². The van der Waals surface area contributed by atoms with Crippen LogP contribution in [0.4, 0.5) is 10.1 Å². The Morgan fingerprint density at radius 1 is 1.30 bits per heavy atom. The Morgan fingerprint density at radius 3 is 2.67 bits per heavy atom. The molecular formula is C21H33FN6O2. The molecule has 30 heavy (non-hydrogen) atoms. The minimum Gasteiger partial charge on any atom is -0.505 e. The van der Waals surface area contributed by atoms with Crippen LogP contribution in [0.15, 0.2) is 34.8 Å². The largest absolute Gasteiger partial charge is 0.505 e. The number of hydrogen-bond acceptors (Lipinski definition) is 8. The van der Waals surface area contributed by atoms with Crippen molar-refractivity contribution in [3.63, 3.8) is 0 Å². The van der Waals surface area contributed by atoms with Crippen molar-refractivity contribution in [3.05, 3.63) is 35.7 Å². The number of aliphatic imine (C=N–C) groups is 1. The maximum absolute atomic E-state index is 13.1. The first-order valence-corrected chi connectivity index (χ1v) is 10.6. The predicted octanol–water partition coefficient (Wildman–Crippen LogP) is 1.84. The number of aliphatic hydroxyl groups is 1. The van der Waals surface area contributed by atoms with E-state index in [9.17, 15) is 9.50 Å². The number of nitrogens with zero attached hydrogens (tertiary/aromatic N) is 2. The molecule has 8 nitrogen and oxygen atoms in total. The molecule has 2 heterocycles. The SMILES string of the molecule is NCC1(N=CC(O)=C(N)CNc2ccnc(F)c2)CCC(NC2CCOCC2)CC1. The van der Waals surface area contributed by atoms with Gasteiger partial charge in [-0.2, -0.15) is 4.39 Å². The van der Waals surface area contributed by atoms with Crippen LogP contribution in [0.1, 0.15) is 38.5 Å². The van der Waals surface area contributed by atoms with Gasteiger partial charge >= 0.3 is 0 Å². The van der Waals surface area contributed by atoms with Gasteiger partial charge in [0, 0.05) is 49.8 Å². The zero-order valence-corrected chi connectivity index (χ0v) is 17.3. The molecule has 3 rings (SSSR count). The highest BCUT2D eigenvalue weighted by Gasteiger charge is 2.34. The monoisotopic (exact) mass is 420 g/mol. The Kier molecular flexibility index (Phi) is 8.01. The highest BCUT2D eigenvalue weighted by atomic mass is 19.1. The second-order valence-corrected chi connectivity index (χ2v) is 8.15. The minimum absolute atomic E-state index is 0.104. The number of nitrogens with two attached hydrogens (primary N) is 2. The zero-order valence-electron chi connectivity index (χ0n) is 17.3. The van der Waals surface area contributed by atoms with Crippen LogP contribution < -0.4 is 22.1 Å². The second kappa shape index (κ2) is 10.7. The number of aliphatic hydroxyl groups excluding tert-OH is 1. The number of nitrogens with one attached hydrogen (secondary N) is 2. The smallest absolute Gasteiger partial charge is 0.214 e. The first-order valence-electron chi connectivity index (χ1n) is 10.6. The maximum atomic E-state index is 13.1. The molecule has 166 valence electrons. The van der Waals surface area contributed by atoms with E-state index in [2.05, 4.69) is 20.6 Å². The average Bonchev–Trinajstić information content (AvgIpc) is 2.78. The number of rotatable bonds is 8. The van der Waals surface area contributed by atoms with Gasteiger partial charge in [-0.3, -0.25) is 4.99 Å². The summed E-state index contributed by atoms with van der Waals surface area (Å²) in [7, 11) is 0. The van der Waals surface area contributed by atoms with Crippen molar-refractivity contribution in [1.82, 2.24) is 10.3 Å². The van der Waals surface area contributed by atoms with Gasteiger partial charge in [0.05, 0.1) is 24.0 Å². The van der Waals surface area contributed by atoms with E-state index in [1.165, 1.54) is 18.5 Å². The minimum atomic E-state index is -0.583. The molecule has 2 fully saturated rings. The average molecular weight is 421 g/mol. The highest BCUT2D eigenvalue weighted by Crippen LogP contribution is 2.31. The van der Waals surface area contributed by atoms with Gasteiger partial charge in [0.1, 0.15) is 0 Å². The lowest BCUT2D eigenvalue weighted by Gasteiger charge is -2.38. The number of ether oxygens (including phenoxy) is 1. The van der Waals surface area contributed by atoms with Crippen molar-refractivity contribution in [2.24, 2.45) is 16.5 Å². The summed E-state index contributed by atoms with van der Waals surface area (Å²) in [4.78, 5) is 8.12. The number of hydrogen-bond donors (Lipinski definition) is 5. The quantitative estimate of drug-likeness (QED) is 0.246. The summed E-state index contributed by atoms with van der Waals surface area (Å²) in [5, 5.41) is 17.0. The van der Waals surface area contributed by atoms with E-state index in [0.717, 1.165) is 51.7 Å². The molecule has 1 aliphatic heterocycles. The topological polar surface area (TPSA) is 131 Å². The van der Waals surface area contributed by atoms with Gasteiger partial charge in [-0.15, -0.1) is 0 Å². The number of aromatic nitrogens is 1. The lowest BCUT2D eigenvalue weighted by molar-refractivity contribution is 0.0718. The van der Waals surface area contributed by atoms with Crippen LogP contribution in [0, 0.1) is 5.95 Å². The van der Waals surface area contributed by atoms with E-state index in [0.29, 0.717) is 24.3 Å². The van der Waals surface area contributed by atoms with Crippen LogP contribution in [0.3, 0.4) is 0 Å². The molecule has 0 bridgehead atoms. The molecule has 0 spiro atoms. The molecule has 9 heteroatoms. The molecule has 1 aliphatic carbocycles. The van der Waals surface area contributed by atoms with E-state index in [-0.39, 0.29) is 23.5 Å². The number of halogens is 1. The number of pyridine rings is 1. The van der Waals surface area contributed by atoms with Gasteiger partial charge in [-0.1, -0.05) is 0 Å². The van der Waals surface area contributed by atoms with Crippen molar-refractivity contribution < 1.29 is 14.2 Å².